The SMILES string of the molecule is CCC(O)CNc1cc([N+](=O)[O-])c(C)cn1. The molecule has 0 bridgehead atoms. The second kappa shape index (κ2) is 5.41. The van der Waals surface area contributed by atoms with Gasteiger partial charge in [0.25, 0.3) is 5.69 Å². The molecule has 16 heavy (non-hydrogen) atoms. The van der Waals surface area contributed by atoms with E-state index in [0.717, 1.165) is 0 Å². The molecule has 1 rings (SSSR count). The van der Waals surface area contributed by atoms with E-state index in [-0.39, 0.29) is 5.69 Å². The number of nitro groups is 1. The first-order chi connectivity index (χ1) is 7.54. The van der Waals surface area contributed by atoms with E-state index >= 15 is 0 Å². The maximum atomic E-state index is 10.7. The van der Waals surface area contributed by atoms with Gasteiger partial charge in [-0.25, -0.2) is 4.98 Å². The first-order valence-electron chi connectivity index (χ1n) is 5.07. The molecule has 0 saturated carbocycles. The number of aromatic nitrogens is 1. The van der Waals surface area contributed by atoms with Crippen LogP contribution in [0, 0.1) is 17.0 Å². The van der Waals surface area contributed by atoms with Gasteiger partial charge in [0, 0.05) is 18.3 Å². The Hall–Kier alpha value is -1.69. The molecule has 88 valence electrons. The molecule has 0 amide bonds. The molecule has 6 nitrogen and oxygen atoms in total. The Labute approximate surface area is 93.5 Å². The van der Waals surface area contributed by atoms with E-state index in [9.17, 15) is 15.2 Å². The molecule has 1 atom stereocenters. The van der Waals surface area contributed by atoms with Crippen LogP contribution in [0.25, 0.3) is 0 Å². The largest absolute Gasteiger partial charge is 0.391 e. The number of pyridine rings is 1. The quantitative estimate of drug-likeness (QED) is 0.585. The maximum Gasteiger partial charge on any atom is 0.277 e. The number of aliphatic hydroxyl groups is 1. The summed E-state index contributed by atoms with van der Waals surface area (Å²) in [7, 11) is 0. The summed E-state index contributed by atoms with van der Waals surface area (Å²) < 4.78 is 0. The lowest BCUT2D eigenvalue weighted by Gasteiger charge is -2.09. The van der Waals surface area contributed by atoms with Gasteiger partial charge < -0.3 is 10.4 Å². The Balaban J connectivity index is 2.75. The molecule has 1 aromatic heterocycles. The predicted molar refractivity (Wildman–Crippen MR) is 60.4 cm³/mol. The molecule has 0 saturated heterocycles. The van der Waals surface area contributed by atoms with Gasteiger partial charge in [0.2, 0.25) is 0 Å². The van der Waals surface area contributed by atoms with Gasteiger partial charge in [-0.2, -0.15) is 0 Å². The highest BCUT2D eigenvalue weighted by atomic mass is 16.6. The van der Waals surface area contributed by atoms with Crippen molar-refractivity contribution in [2.24, 2.45) is 0 Å². The lowest BCUT2D eigenvalue weighted by atomic mass is 10.2. The van der Waals surface area contributed by atoms with Crippen molar-refractivity contribution >= 4 is 11.5 Å². The van der Waals surface area contributed by atoms with E-state index < -0.39 is 11.0 Å². The molecule has 0 aliphatic heterocycles. The average Bonchev–Trinajstić information content (AvgIpc) is 2.27. The maximum absolute atomic E-state index is 10.7. The van der Waals surface area contributed by atoms with Crippen LogP contribution in [0.4, 0.5) is 11.5 Å². The number of anilines is 1. The van der Waals surface area contributed by atoms with Gasteiger partial charge in [-0.15, -0.1) is 0 Å². The van der Waals surface area contributed by atoms with E-state index in [0.29, 0.717) is 24.3 Å². The zero-order valence-electron chi connectivity index (χ0n) is 9.30. The second-order valence-corrected chi connectivity index (χ2v) is 3.56. The normalized spacial score (nSPS) is 12.2. The van der Waals surface area contributed by atoms with E-state index in [1.807, 2.05) is 6.92 Å². The van der Waals surface area contributed by atoms with Crippen LogP contribution in [0.1, 0.15) is 18.9 Å². The first kappa shape index (κ1) is 12.4. The molecule has 0 aliphatic rings. The zero-order valence-corrected chi connectivity index (χ0v) is 9.30. The molecule has 0 radical (unpaired) electrons. The summed E-state index contributed by atoms with van der Waals surface area (Å²) in [6.45, 7) is 3.83. The van der Waals surface area contributed by atoms with Crippen LogP contribution in [0.2, 0.25) is 0 Å². The van der Waals surface area contributed by atoms with Gasteiger partial charge in [-0.3, -0.25) is 10.1 Å². The average molecular weight is 225 g/mol. The van der Waals surface area contributed by atoms with Crippen LogP contribution >= 0.6 is 0 Å². The van der Waals surface area contributed by atoms with Crippen LogP contribution in [-0.2, 0) is 0 Å². The monoisotopic (exact) mass is 225 g/mol. The Morgan fingerprint density at radius 2 is 2.38 bits per heavy atom. The smallest absolute Gasteiger partial charge is 0.277 e. The molecule has 1 aromatic rings. The summed E-state index contributed by atoms with van der Waals surface area (Å²) in [6.07, 6.45) is 1.60. The summed E-state index contributed by atoms with van der Waals surface area (Å²) in [6, 6.07) is 1.37. The van der Waals surface area contributed by atoms with Gasteiger partial charge >= 0.3 is 0 Å². The van der Waals surface area contributed by atoms with Gasteiger partial charge in [0.05, 0.1) is 17.1 Å². The minimum absolute atomic E-state index is 0.0310. The zero-order chi connectivity index (χ0) is 12.1. The molecular weight excluding hydrogens is 210 g/mol. The fraction of sp³-hybridized carbons (Fsp3) is 0.500. The van der Waals surface area contributed by atoms with Crippen molar-refractivity contribution in [1.29, 1.82) is 0 Å². The van der Waals surface area contributed by atoms with E-state index in [1.54, 1.807) is 6.92 Å². The van der Waals surface area contributed by atoms with Crippen molar-refractivity contribution in [2.45, 2.75) is 26.4 Å². The first-order valence-corrected chi connectivity index (χ1v) is 5.07. The van der Waals surface area contributed by atoms with Crippen LogP contribution < -0.4 is 5.32 Å². The molecular formula is C10H15N3O3. The highest BCUT2D eigenvalue weighted by molar-refractivity contribution is 5.48. The van der Waals surface area contributed by atoms with Crippen LogP contribution in [0.3, 0.4) is 0 Å². The predicted octanol–water partition coefficient (Wildman–Crippen LogP) is 1.48. The van der Waals surface area contributed by atoms with Crippen LogP contribution in [0.5, 0.6) is 0 Å². The second-order valence-electron chi connectivity index (χ2n) is 3.56. The highest BCUT2D eigenvalue weighted by Crippen LogP contribution is 2.19. The summed E-state index contributed by atoms with van der Waals surface area (Å²) in [5.41, 5.74) is 0.551. The molecule has 1 heterocycles. The van der Waals surface area contributed by atoms with Crippen molar-refractivity contribution < 1.29 is 10.0 Å². The standard InChI is InChI=1S/C10H15N3O3/c1-3-8(14)6-12-10-4-9(13(15)16)7(2)5-11-10/h4-5,8,14H,3,6H2,1-2H3,(H,11,12). The molecule has 6 heteroatoms. The molecule has 2 N–H and O–H groups in total. The number of nitrogens with one attached hydrogen (secondary N) is 1. The third-order valence-electron chi connectivity index (χ3n) is 2.26. The summed E-state index contributed by atoms with van der Waals surface area (Å²) in [5, 5.41) is 22.8. The van der Waals surface area contributed by atoms with E-state index in [2.05, 4.69) is 10.3 Å². The Bertz CT molecular complexity index is 382. The number of hydrogen-bond acceptors (Lipinski definition) is 5. The lowest BCUT2D eigenvalue weighted by molar-refractivity contribution is -0.385. The molecule has 1 unspecified atom stereocenters. The van der Waals surface area contributed by atoms with Gasteiger partial charge in [0.1, 0.15) is 5.82 Å². The number of nitrogens with zero attached hydrogens (tertiary/aromatic N) is 2. The number of aryl methyl sites for hydroxylation is 1. The number of hydrogen-bond donors (Lipinski definition) is 2. The topological polar surface area (TPSA) is 88.3 Å². The number of rotatable bonds is 5. The van der Waals surface area contributed by atoms with E-state index in [4.69, 9.17) is 0 Å². The van der Waals surface area contributed by atoms with Crippen molar-refractivity contribution in [3.05, 3.63) is 27.9 Å². The van der Waals surface area contributed by atoms with Gasteiger partial charge in [0.15, 0.2) is 0 Å². The van der Waals surface area contributed by atoms with E-state index in [1.165, 1.54) is 12.3 Å². The Kier molecular flexibility index (Phi) is 4.19. The minimum atomic E-state index is -0.470. The molecule has 0 aromatic carbocycles. The Morgan fingerprint density at radius 1 is 1.69 bits per heavy atom. The Morgan fingerprint density at radius 3 is 2.94 bits per heavy atom. The number of aliphatic hydroxyl groups excluding tert-OH is 1. The molecule has 0 fully saturated rings. The molecule has 0 spiro atoms. The van der Waals surface area contributed by atoms with Crippen molar-refractivity contribution in [3.8, 4) is 0 Å². The van der Waals surface area contributed by atoms with Gasteiger partial charge in [-0.05, 0) is 13.3 Å². The van der Waals surface area contributed by atoms with Crippen molar-refractivity contribution in [3.63, 3.8) is 0 Å². The third-order valence-corrected chi connectivity index (χ3v) is 2.26. The summed E-state index contributed by atoms with van der Waals surface area (Å²) in [5.74, 6) is 0.407. The molecule has 0 aliphatic carbocycles. The summed E-state index contributed by atoms with van der Waals surface area (Å²) in [4.78, 5) is 14.2. The van der Waals surface area contributed by atoms with Crippen molar-refractivity contribution in [1.82, 2.24) is 4.98 Å². The van der Waals surface area contributed by atoms with Crippen LogP contribution in [0.15, 0.2) is 12.3 Å². The highest BCUT2D eigenvalue weighted by Gasteiger charge is 2.12. The minimum Gasteiger partial charge on any atom is -0.391 e. The van der Waals surface area contributed by atoms with Crippen molar-refractivity contribution in [2.75, 3.05) is 11.9 Å². The fourth-order valence-corrected chi connectivity index (χ4v) is 1.17. The van der Waals surface area contributed by atoms with Gasteiger partial charge in [-0.1, -0.05) is 6.92 Å². The lowest BCUT2D eigenvalue weighted by Crippen LogP contribution is -2.18. The fourth-order valence-electron chi connectivity index (χ4n) is 1.17. The third kappa shape index (κ3) is 3.16. The van der Waals surface area contributed by atoms with Crippen LogP contribution in [-0.4, -0.2) is 27.7 Å². The summed E-state index contributed by atoms with van der Waals surface area (Å²) >= 11 is 0.